The van der Waals surface area contributed by atoms with Gasteiger partial charge in [-0.3, -0.25) is 9.59 Å². The third-order valence-electron chi connectivity index (χ3n) is 6.94. The summed E-state index contributed by atoms with van der Waals surface area (Å²) in [5.74, 6) is 2.19. The molecule has 1 saturated carbocycles. The van der Waals surface area contributed by atoms with Gasteiger partial charge in [-0.25, -0.2) is 0 Å². The number of carbonyl (C=O) groups excluding carboxylic acids is 2. The molecule has 1 saturated heterocycles. The smallest absolute Gasteiger partial charge is 0.242 e. The SMILES string of the molecule is COCCN(CC(=O)N1CCN(c2ccc(-c3ccc(OC)c(OC)c3)nn2)CC1)C(=O)C1CCC1. The van der Waals surface area contributed by atoms with E-state index < -0.39 is 0 Å². The van der Waals surface area contributed by atoms with Crippen LogP contribution >= 0.6 is 0 Å². The molecule has 2 heterocycles. The molecule has 0 radical (unpaired) electrons. The summed E-state index contributed by atoms with van der Waals surface area (Å²) in [6.07, 6.45) is 2.92. The second-order valence-electron chi connectivity index (χ2n) is 9.09. The molecule has 0 spiro atoms. The first-order valence-corrected chi connectivity index (χ1v) is 12.4. The van der Waals surface area contributed by atoms with Gasteiger partial charge in [0.05, 0.1) is 33.1 Å². The Kier molecular flexibility index (Phi) is 8.58. The van der Waals surface area contributed by atoms with Gasteiger partial charge in [0.1, 0.15) is 0 Å². The van der Waals surface area contributed by atoms with E-state index in [0.29, 0.717) is 50.8 Å². The largest absolute Gasteiger partial charge is 0.493 e. The summed E-state index contributed by atoms with van der Waals surface area (Å²) in [6, 6.07) is 9.51. The number of carbonyl (C=O) groups is 2. The van der Waals surface area contributed by atoms with E-state index in [9.17, 15) is 9.59 Å². The first-order valence-electron chi connectivity index (χ1n) is 12.4. The highest BCUT2D eigenvalue weighted by Crippen LogP contribution is 2.32. The van der Waals surface area contributed by atoms with Gasteiger partial charge in [-0.05, 0) is 43.2 Å². The van der Waals surface area contributed by atoms with Gasteiger partial charge in [0.2, 0.25) is 11.8 Å². The van der Waals surface area contributed by atoms with Crippen LogP contribution in [0.15, 0.2) is 30.3 Å². The van der Waals surface area contributed by atoms with E-state index in [1.807, 2.05) is 35.2 Å². The van der Waals surface area contributed by atoms with Crippen LogP contribution in [-0.4, -0.2) is 99.0 Å². The molecule has 2 fully saturated rings. The Morgan fingerprint density at radius 1 is 0.972 bits per heavy atom. The van der Waals surface area contributed by atoms with Crippen molar-refractivity contribution in [1.82, 2.24) is 20.0 Å². The summed E-state index contributed by atoms with van der Waals surface area (Å²) in [5.41, 5.74) is 1.62. The van der Waals surface area contributed by atoms with Crippen LogP contribution in [0.4, 0.5) is 5.82 Å². The average molecular weight is 498 g/mol. The van der Waals surface area contributed by atoms with Gasteiger partial charge in [0.25, 0.3) is 0 Å². The molecule has 4 rings (SSSR count). The zero-order chi connectivity index (χ0) is 25.5. The molecule has 2 amide bonds. The van der Waals surface area contributed by atoms with Crippen molar-refractivity contribution in [3.05, 3.63) is 30.3 Å². The Labute approximate surface area is 212 Å². The number of piperazine rings is 1. The van der Waals surface area contributed by atoms with Crippen LogP contribution in [0.5, 0.6) is 11.5 Å². The maximum Gasteiger partial charge on any atom is 0.242 e. The number of aromatic nitrogens is 2. The predicted molar refractivity (Wildman–Crippen MR) is 135 cm³/mol. The summed E-state index contributed by atoms with van der Waals surface area (Å²) in [5, 5.41) is 8.82. The first-order chi connectivity index (χ1) is 17.5. The maximum absolute atomic E-state index is 13.0. The lowest BCUT2D eigenvalue weighted by molar-refractivity contribution is -0.145. The van der Waals surface area contributed by atoms with Gasteiger partial charge in [-0.2, -0.15) is 0 Å². The quantitative estimate of drug-likeness (QED) is 0.492. The normalized spacial score (nSPS) is 15.9. The number of methoxy groups -OCH3 is 3. The number of amides is 2. The van der Waals surface area contributed by atoms with Crippen molar-refractivity contribution in [2.24, 2.45) is 5.92 Å². The number of rotatable bonds is 10. The molecule has 10 heteroatoms. The van der Waals surface area contributed by atoms with Crippen molar-refractivity contribution in [2.75, 3.05) is 72.1 Å². The molecule has 1 aromatic carbocycles. The minimum atomic E-state index is -0.0201. The number of ether oxygens (including phenoxy) is 3. The number of nitrogens with zero attached hydrogens (tertiary/aromatic N) is 5. The topological polar surface area (TPSA) is 97.3 Å². The van der Waals surface area contributed by atoms with Gasteiger partial charge in [0, 0.05) is 51.3 Å². The van der Waals surface area contributed by atoms with E-state index in [1.54, 1.807) is 26.2 Å². The molecule has 2 aliphatic rings. The summed E-state index contributed by atoms with van der Waals surface area (Å²) in [7, 11) is 4.81. The van der Waals surface area contributed by atoms with Gasteiger partial charge in [-0.1, -0.05) is 6.42 Å². The first kappa shape index (κ1) is 25.7. The molecule has 36 heavy (non-hydrogen) atoms. The Morgan fingerprint density at radius 3 is 2.31 bits per heavy atom. The monoisotopic (exact) mass is 497 g/mol. The van der Waals surface area contributed by atoms with Crippen molar-refractivity contribution in [3.63, 3.8) is 0 Å². The summed E-state index contributed by atoms with van der Waals surface area (Å²) in [4.78, 5) is 31.3. The lowest BCUT2D eigenvalue weighted by Crippen LogP contribution is -2.53. The Hall–Kier alpha value is -3.40. The van der Waals surface area contributed by atoms with E-state index in [0.717, 1.165) is 36.3 Å². The minimum absolute atomic E-state index is 0.0201. The van der Waals surface area contributed by atoms with Crippen LogP contribution in [0.2, 0.25) is 0 Å². The van der Waals surface area contributed by atoms with E-state index in [2.05, 4.69) is 15.1 Å². The highest BCUT2D eigenvalue weighted by molar-refractivity contribution is 5.86. The minimum Gasteiger partial charge on any atom is -0.493 e. The van der Waals surface area contributed by atoms with Gasteiger partial charge in [-0.15, -0.1) is 10.2 Å². The van der Waals surface area contributed by atoms with Crippen molar-refractivity contribution in [1.29, 1.82) is 0 Å². The third-order valence-corrected chi connectivity index (χ3v) is 6.94. The average Bonchev–Trinajstić information content (AvgIpc) is 2.89. The number of hydrogen-bond donors (Lipinski definition) is 0. The standard InChI is InChI=1S/C26H35N5O5/c1-34-16-15-31(26(33)19-5-4-6-19)18-25(32)30-13-11-29(12-14-30)24-10-8-21(27-28-24)20-7-9-22(35-2)23(17-20)36-3/h7-10,17,19H,4-6,11-16,18H2,1-3H3. The van der Waals surface area contributed by atoms with Gasteiger partial charge >= 0.3 is 0 Å². The van der Waals surface area contributed by atoms with Crippen molar-refractivity contribution in [2.45, 2.75) is 19.3 Å². The molecule has 1 aliphatic heterocycles. The third kappa shape index (κ3) is 5.87. The fourth-order valence-electron chi connectivity index (χ4n) is 4.47. The second-order valence-corrected chi connectivity index (χ2v) is 9.09. The second kappa shape index (κ2) is 12.0. The predicted octanol–water partition coefficient (Wildman–Crippen LogP) is 2.08. The molecule has 0 unspecified atom stereocenters. The fourth-order valence-corrected chi connectivity index (χ4v) is 4.47. The molecule has 0 bridgehead atoms. The van der Waals surface area contributed by atoms with Gasteiger partial charge in [0.15, 0.2) is 17.3 Å². The Morgan fingerprint density at radius 2 is 1.72 bits per heavy atom. The van der Waals surface area contributed by atoms with E-state index >= 15 is 0 Å². The molecule has 194 valence electrons. The molecular formula is C26H35N5O5. The number of benzene rings is 1. The summed E-state index contributed by atoms with van der Waals surface area (Å²) in [6.45, 7) is 3.45. The van der Waals surface area contributed by atoms with Crippen molar-refractivity contribution >= 4 is 17.6 Å². The van der Waals surface area contributed by atoms with E-state index in [4.69, 9.17) is 14.2 Å². The summed E-state index contributed by atoms with van der Waals surface area (Å²) >= 11 is 0. The molecule has 0 N–H and O–H groups in total. The molecule has 2 aromatic rings. The van der Waals surface area contributed by atoms with Crippen LogP contribution < -0.4 is 14.4 Å². The maximum atomic E-state index is 13.0. The zero-order valence-corrected chi connectivity index (χ0v) is 21.3. The number of hydrogen-bond acceptors (Lipinski definition) is 8. The summed E-state index contributed by atoms with van der Waals surface area (Å²) < 4.78 is 15.8. The van der Waals surface area contributed by atoms with Crippen LogP contribution in [0.25, 0.3) is 11.3 Å². The van der Waals surface area contributed by atoms with Crippen LogP contribution in [0.1, 0.15) is 19.3 Å². The molecule has 0 atom stereocenters. The number of anilines is 1. The zero-order valence-electron chi connectivity index (χ0n) is 21.3. The molecule has 1 aliphatic carbocycles. The van der Waals surface area contributed by atoms with Crippen LogP contribution in [-0.2, 0) is 14.3 Å². The Bertz CT molecular complexity index is 1040. The molecule has 10 nitrogen and oxygen atoms in total. The lowest BCUT2D eigenvalue weighted by atomic mass is 9.84. The van der Waals surface area contributed by atoms with Crippen molar-refractivity contribution < 1.29 is 23.8 Å². The fraction of sp³-hybridized carbons (Fsp3) is 0.538. The van der Waals surface area contributed by atoms with Crippen LogP contribution in [0.3, 0.4) is 0 Å². The van der Waals surface area contributed by atoms with E-state index in [1.165, 1.54) is 0 Å². The highest BCUT2D eigenvalue weighted by Gasteiger charge is 2.31. The molecule has 1 aromatic heterocycles. The molecular weight excluding hydrogens is 462 g/mol. The van der Waals surface area contributed by atoms with E-state index in [-0.39, 0.29) is 24.3 Å². The highest BCUT2D eigenvalue weighted by atomic mass is 16.5. The van der Waals surface area contributed by atoms with Crippen molar-refractivity contribution in [3.8, 4) is 22.8 Å². The van der Waals surface area contributed by atoms with Gasteiger partial charge < -0.3 is 28.9 Å². The Balaban J connectivity index is 1.32. The lowest BCUT2D eigenvalue weighted by Gasteiger charge is -2.37. The van der Waals surface area contributed by atoms with Crippen LogP contribution in [0, 0.1) is 5.92 Å².